The number of halogens is 1. The molecule has 1 aromatic carbocycles. The highest BCUT2D eigenvalue weighted by atomic mass is 19.1. The number of aliphatic hydroxyl groups excluding tert-OH is 1. The number of aliphatic hydroxyl groups is 1. The molecule has 0 atom stereocenters. The highest BCUT2D eigenvalue weighted by molar-refractivity contribution is 5.69. The zero-order valence-electron chi connectivity index (χ0n) is 10.3. The Kier molecular flexibility index (Phi) is 3.58. The normalized spacial score (nSPS) is 10.4. The van der Waals surface area contributed by atoms with Gasteiger partial charge in [-0.25, -0.2) is 9.37 Å². The Morgan fingerprint density at radius 2 is 2.06 bits per heavy atom. The minimum absolute atomic E-state index is 0.0723. The van der Waals surface area contributed by atoms with E-state index in [0.29, 0.717) is 11.4 Å². The molecule has 2 aromatic rings. The smallest absolute Gasteiger partial charge is 0.213 e. The molecule has 0 bridgehead atoms. The number of benzene rings is 1. The molecule has 3 nitrogen and oxygen atoms in total. The third-order valence-electron chi connectivity index (χ3n) is 2.81. The van der Waals surface area contributed by atoms with Gasteiger partial charge in [0.1, 0.15) is 5.82 Å². The molecule has 0 amide bonds. The van der Waals surface area contributed by atoms with E-state index >= 15 is 0 Å². The molecule has 4 heteroatoms. The van der Waals surface area contributed by atoms with Crippen molar-refractivity contribution >= 4 is 0 Å². The van der Waals surface area contributed by atoms with Crippen molar-refractivity contribution in [2.45, 2.75) is 13.5 Å². The monoisotopic (exact) mass is 247 g/mol. The zero-order chi connectivity index (χ0) is 13.1. The van der Waals surface area contributed by atoms with Crippen LogP contribution < -0.4 is 4.74 Å². The van der Waals surface area contributed by atoms with E-state index in [-0.39, 0.29) is 6.61 Å². The Hall–Kier alpha value is -1.94. The molecule has 0 aliphatic rings. The molecule has 94 valence electrons. The first-order valence-electron chi connectivity index (χ1n) is 5.56. The van der Waals surface area contributed by atoms with Gasteiger partial charge in [0.15, 0.2) is 0 Å². The summed E-state index contributed by atoms with van der Waals surface area (Å²) in [4.78, 5) is 3.81. The number of aryl methyl sites for hydroxylation is 1. The summed E-state index contributed by atoms with van der Waals surface area (Å²) in [5.74, 6) is -0.0470. The summed E-state index contributed by atoms with van der Waals surface area (Å²) in [7, 11) is 1.49. The van der Waals surface area contributed by atoms with E-state index in [0.717, 1.165) is 22.9 Å². The van der Waals surface area contributed by atoms with Crippen molar-refractivity contribution in [2.75, 3.05) is 7.11 Å². The Balaban J connectivity index is 2.60. The predicted molar refractivity (Wildman–Crippen MR) is 66.8 cm³/mol. The Morgan fingerprint density at radius 1 is 1.28 bits per heavy atom. The molecule has 0 saturated carbocycles. The summed E-state index contributed by atoms with van der Waals surface area (Å²) in [6, 6.07) is 6.99. The summed E-state index contributed by atoms with van der Waals surface area (Å²) in [5.41, 5.74) is 2.83. The first-order chi connectivity index (χ1) is 8.65. The van der Waals surface area contributed by atoms with E-state index in [4.69, 9.17) is 9.84 Å². The molecule has 0 fully saturated rings. The average Bonchev–Trinajstić information content (AvgIpc) is 2.40. The molecule has 0 spiro atoms. The van der Waals surface area contributed by atoms with Gasteiger partial charge in [-0.3, -0.25) is 0 Å². The van der Waals surface area contributed by atoms with Gasteiger partial charge in [0.25, 0.3) is 0 Å². The molecule has 1 N–H and O–H groups in total. The van der Waals surface area contributed by atoms with Crippen molar-refractivity contribution in [3.05, 3.63) is 47.4 Å². The third kappa shape index (κ3) is 2.33. The lowest BCUT2D eigenvalue weighted by Gasteiger charge is -2.10. The van der Waals surface area contributed by atoms with E-state index < -0.39 is 5.82 Å². The maximum Gasteiger partial charge on any atom is 0.213 e. The fourth-order valence-corrected chi connectivity index (χ4v) is 1.80. The van der Waals surface area contributed by atoms with Crippen LogP contribution in [0.2, 0.25) is 0 Å². The molecular formula is C14H14FNO2. The quantitative estimate of drug-likeness (QED) is 0.906. The summed E-state index contributed by atoms with van der Waals surface area (Å²) in [6.45, 7) is 1.82. The van der Waals surface area contributed by atoms with Gasteiger partial charge in [0, 0.05) is 11.6 Å². The summed E-state index contributed by atoms with van der Waals surface area (Å²) in [5, 5.41) is 9.14. The largest absolute Gasteiger partial charge is 0.481 e. The van der Waals surface area contributed by atoms with Crippen LogP contribution in [-0.4, -0.2) is 17.2 Å². The molecule has 1 aromatic heterocycles. The number of hydrogen-bond donors (Lipinski definition) is 1. The number of pyridine rings is 1. The molecule has 0 aliphatic heterocycles. The van der Waals surface area contributed by atoms with Crippen LogP contribution in [0.4, 0.5) is 4.39 Å². The molecule has 2 rings (SSSR count). The standard InChI is InChI=1S/C14H14FNO2/c1-9-3-4-10(8-17)5-11(9)12-6-14(18-2)16-7-13(12)15/h3-7,17H,8H2,1-2H3. The van der Waals surface area contributed by atoms with Crippen LogP contribution in [0.25, 0.3) is 11.1 Å². The number of ether oxygens (including phenoxy) is 1. The minimum atomic E-state index is -0.408. The van der Waals surface area contributed by atoms with Gasteiger partial charge in [-0.05, 0) is 29.7 Å². The van der Waals surface area contributed by atoms with Crippen molar-refractivity contribution < 1.29 is 14.2 Å². The van der Waals surface area contributed by atoms with Crippen molar-refractivity contribution in [3.63, 3.8) is 0 Å². The van der Waals surface area contributed by atoms with E-state index in [1.165, 1.54) is 7.11 Å². The summed E-state index contributed by atoms with van der Waals surface area (Å²) < 4.78 is 18.8. The summed E-state index contributed by atoms with van der Waals surface area (Å²) in [6.07, 6.45) is 1.14. The van der Waals surface area contributed by atoms with Gasteiger partial charge in [0.2, 0.25) is 5.88 Å². The lowest BCUT2D eigenvalue weighted by atomic mass is 9.98. The second-order valence-electron chi connectivity index (χ2n) is 4.01. The van der Waals surface area contributed by atoms with E-state index in [2.05, 4.69) is 4.98 Å². The molecular weight excluding hydrogens is 233 g/mol. The topological polar surface area (TPSA) is 42.4 Å². The van der Waals surface area contributed by atoms with Crippen LogP contribution in [0.3, 0.4) is 0 Å². The maximum absolute atomic E-state index is 13.8. The maximum atomic E-state index is 13.8. The highest BCUT2D eigenvalue weighted by Crippen LogP contribution is 2.29. The lowest BCUT2D eigenvalue weighted by molar-refractivity contribution is 0.282. The lowest BCUT2D eigenvalue weighted by Crippen LogP contribution is -1.94. The fraction of sp³-hybridized carbons (Fsp3) is 0.214. The molecule has 18 heavy (non-hydrogen) atoms. The second kappa shape index (κ2) is 5.14. The van der Waals surface area contributed by atoms with Crippen molar-refractivity contribution in [3.8, 4) is 17.0 Å². The first-order valence-corrected chi connectivity index (χ1v) is 5.56. The molecule has 0 radical (unpaired) electrons. The second-order valence-corrected chi connectivity index (χ2v) is 4.01. The van der Waals surface area contributed by atoms with E-state index in [1.807, 2.05) is 19.1 Å². The first kappa shape index (κ1) is 12.5. The minimum Gasteiger partial charge on any atom is -0.481 e. The van der Waals surface area contributed by atoms with Gasteiger partial charge in [-0.15, -0.1) is 0 Å². The van der Waals surface area contributed by atoms with Crippen molar-refractivity contribution in [2.24, 2.45) is 0 Å². The van der Waals surface area contributed by atoms with Crippen LogP contribution in [-0.2, 0) is 6.61 Å². The number of rotatable bonds is 3. The Labute approximate surface area is 105 Å². The van der Waals surface area contributed by atoms with Gasteiger partial charge < -0.3 is 9.84 Å². The molecule has 0 aliphatic carbocycles. The molecule has 0 saturated heterocycles. The van der Waals surface area contributed by atoms with E-state index in [9.17, 15) is 4.39 Å². The van der Waals surface area contributed by atoms with Crippen LogP contribution >= 0.6 is 0 Å². The number of methoxy groups -OCH3 is 1. The number of hydrogen-bond acceptors (Lipinski definition) is 3. The van der Waals surface area contributed by atoms with Crippen LogP contribution in [0.15, 0.2) is 30.5 Å². The Bertz CT molecular complexity index is 518. The van der Waals surface area contributed by atoms with Crippen LogP contribution in [0.5, 0.6) is 5.88 Å². The summed E-state index contributed by atoms with van der Waals surface area (Å²) >= 11 is 0. The molecule has 1 heterocycles. The number of nitrogens with zero attached hydrogens (tertiary/aromatic N) is 1. The predicted octanol–water partition coefficient (Wildman–Crippen LogP) is 2.70. The van der Waals surface area contributed by atoms with Crippen molar-refractivity contribution in [1.29, 1.82) is 0 Å². The average molecular weight is 247 g/mol. The zero-order valence-corrected chi connectivity index (χ0v) is 10.3. The van der Waals surface area contributed by atoms with E-state index in [1.54, 1.807) is 12.1 Å². The van der Waals surface area contributed by atoms with Crippen LogP contribution in [0.1, 0.15) is 11.1 Å². The van der Waals surface area contributed by atoms with Gasteiger partial charge in [-0.1, -0.05) is 12.1 Å². The Morgan fingerprint density at radius 3 is 2.72 bits per heavy atom. The fourth-order valence-electron chi connectivity index (χ4n) is 1.80. The van der Waals surface area contributed by atoms with Crippen LogP contribution in [0, 0.1) is 12.7 Å². The van der Waals surface area contributed by atoms with Gasteiger partial charge in [0.05, 0.1) is 19.9 Å². The van der Waals surface area contributed by atoms with Gasteiger partial charge in [-0.2, -0.15) is 0 Å². The SMILES string of the molecule is COc1cc(-c2cc(CO)ccc2C)c(F)cn1. The number of aromatic nitrogens is 1. The molecule has 0 unspecified atom stereocenters. The highest BCUT2D eigenvalue weighted by Gasteiger charge is 2.10. The van der Waals surface area contributed by atoms with Gasteiger partial charge >= 0.3 is 0 Å². The third-order valence-corrected chi connectivity index (χ3v) is 2.81. The van der Waals surface area contributed by atoms with Crippen molar-refractivity contribution in [1.82, 2.24) is 4.98 Å².